The van der Waals surface area contributed by atoms with Gasteiger partial charge in [-0.2, -0.15) is 11.3 Å². The lowest BCUT2D eigenvalue weighted by Crippen LogP contribution is -2.13. The molecule has 23 heavy (non-hydrogen) atoms. The first-order valence-corrected chi connectivity index (χ1v) is 8.07. The fraction of sp³-hybridized carbons (Fsp3) is 0.133. The van der Waals surface area contributed by atoms with Gasteiger partial charge in [-0.15, -0.1) is 10.2 Å². The molecule has 2 heterocycles. The van der Waals surface area contributed by atoms with E-state index in [0.717, 1.165) is 11.1 Å². The van der Waals surface area contributed by atoms with E-state index in [1.54, 1.807) is 19.1 Å². The van der Waals surface area contributed by atoms with Gasteiger partial charge in [0.2, 0.25) is 12.0 Å². The molecule has 0 saturated carbocycles. The molecule has 1 aromatic carbocycles. The van der Waals surface area contributed by atoms with Crippen molar-refractivity contribution in [2.45, 2.75) is 13.0 Å². The summed E-state index contributed by atoms with van der Waals surface area (Å²) in [7, 11) is 0. The molecule has 0 aliphatic rings. The summed E-state index contributed by atoms with van der Waals surface area (Å²) in [6.07, 6.45) is -0.521. The molecule has 3 aromatic rings. The number of thiophene rings is 1. The van der Waals surface area contributed by atoms with Crippen LogP contribution in [0.2, 0.25) is 5.02 Å². The van der Waals surface area contributed by atoms with Crippen molar-refractivity contribution in [1.29, 1.82) is 0 Å². The van der Waals surface area contributed by atoms with Crippen LogP contribution in [0.25, 0.3) is 11.5 Å². The van der Waals surface area contributed by atoms with Gasteiger partial charge in [-0.05, 0) is 36.6 Å². The molecule has 0 amide bonds. The summed E-state index contributed by atoms with van der Waals surface area (Å²) in [5.74, 6) is 0.974. The molecule has 1 atom stereocenters. The van der Waals surface area contributed by atoms with Gasteiger partial charge in [0.1, 0.15) is 0 Å². The van der Waals surface area contributed by atoms with Crippen LogP contribution in [-0.2, 0) is 4.84 Å². The van der Waals surface area contributed by atoms with E-state index in [4.69, 9.17) is 26.6 Å². The Hall–Kier alpha value is -2.38. The second kappa shape index (κ2) is 6.80. The van der Waals surface area contributed by atoms with Gasteiger partial charge < -0.3 is 15.0 Å². The van der Waals surface area contributed by atoms with Gasteiger partial charge >= 0.3 is 0 Å². The van der Waals surface area contributed by atoms with Crippen molar-refractivity contribution in [2.75, 3.05) is 0 Å². The molecule has 2 N–H and O–H groups in total. The van der Waals surface area contributed by atoms with E-state index in [2.05, 4.69) is 15.4 Å². The first-order chi connectivity index (χ1) is 11.1. The number of halogens is 1. The number of aromatic nitrogens is 2. The second-order valence-corrected chi connectivity index (χ2v) is 5.91. The van der Waals surface area contributed by atoms with Crippen molar-refractivity contribution < 1.29 is 9.25 Å². The quantitative estimate of drug-likeness (QED) is 0.430. The largest absolute Gasteiger partial charge is 0.417 e. The second-order valence-electron chi connectivity index (χ2n) is 4.69. The van der Waals surface area contributed by atoms with Crippen LogP contribution >= 0.6 is 22.9 Å². The minimum Gasteiger partial charge on any atom is -0.417 e. The van der Waals surface area contributed by atoms with Crippen LogP contribution in [0.5, 0.6) is 0 Å². The van der Waals surface area contributed by atoms with E-state index in [-0.39, 0.29) is 0 Å². The van der Waals surface area contributed by atoms with Crippen molar-refractivity contribution in [2.24, 2.45) is 10.9 Å². The molecule has 3 rings (SSSR count). The van der Waals surface area contributed by atoms with E-state index in [9.17, 15) is 0 Å². The lowest BCUT2D eigenvalue weighted by atomic mass is 10.2. The van der Waals surface area contributed by atoms with Crippen LogP contribution in [0.3, 0.4) is 0 Å². The zero-order valence-corrected chi connectivity index (χ0v) is 13.7. The number of amidine groups is 1. The highest BCUT2D eigenvalue weighted by atomic mass is 35.5. The standard InChI is InChI=1S/C15H13ClN4O2S/c1-9(22-20-13(17)11-5-6-23-8-11)14-18-19-15(21-14)10-3-2-4-12(16)7-10/h2-9H,1H3,(H2,17,20)/t9-/m0/s1. The van der Waals surface area contributed by atoms with Gasteiger partial charge in [0, 0.05) is 21.5 Å². The van der Waals surface area contributed by atoms with Gasteiger partial charge in [-0.1, -0.05) is 22.8 Å². The number of nitrogens with two attached hydrogens (primary N) is 1. The third-order valence-corrected chi connectivity index (χ3v) is 3.90. The number of nitrogens with zero attached hydrogens (tertiary/aromatic N) is 3. The Morgan fingerprint density at radius 1 is 1.39 bits per heavy atom. The van der Waals surface area contributed by atoms with Crippen molar-refractivity contribution in [3.63, 3.8) is 0 Å². The highest BCUT2D eigenvalue weighted by molar-refractivity contribution is 7.08. The third kappa shape index (κ3) is 3.69. The maximum atomic E-state index is 5.95. The van der Waals surface area contributed by atoms with E-state index in [1.165, 1.54) is 11.3 Å². The molecule has 0 bridgehead atoms. The first kappa shape index (κ1) is 15.5. The van der Waals surface area contributed by atoms with E-state index in [1.807, 2.05) is 29.0 Å². The average Bonchev–Trinajstić information content (AvgIpc) is 3.23. The Kier molecular flexibility index (Phi) is 4.59. The average molecular weight is 349 g/mol. The van der Waals surface area contributed by atoms with Crippen LogP contribution in [-0.4, -0.2) is 16.0 Å². The van der Waals surface area contributed by atoms with Crippen LogP contribution in [0.15, 0.2) is 50.7 Å². The summed E-state index contributed by atoms with van der Waals surface area (Å²) in [5.41, 5.74) is 7.38. The fourth-order valence-corrected chi connectivity index (χ4v) is 2.62. The molecule has 8 heteroatoms. The Morgan fingerprint density at radius 3 is 3.00 bits per heavy atom. The minimum absolute atomic E-state index is 0.299. The van der Waals surface area contributed by atoms with Gasteiger partial charge in [0.25, 0.3) is 5.89 Å². The molecule has 118 valence electrons. The molecule has 6 nitrogen and oxygen atoms in total. The lowest BCUT2D eigenvalue weighted by molar-refractivity contribution is 0.0527. The van der Waals surface area contributed by atoms with Gasteiger partial charge in [-0.25, -0.2) is 0 Å². The van der Waals surface area contributed by atoms with E-state index < -0.39 is 6.10 Å². The summed E-state index contributed by atoms with van der Waals surface area (Å²) in [4.78, 5) is 5.33. The fourth-order valence-electron chi connectivity index (χ4n) is 1.78. The summed E-state index contributed by atoms with van der Waals surface area (Å²) >= 11 is 7.48. The van der Waals surface area contributed by atoms with Crippen LogP contribution in [0, 0.1) is 0 Å². The third-order valence-electron chi connectivity index (χ3n) is 2.99. The Bertz CT molecular complexity index is 817. The smallest absolute Gasteiger partial charge is 0.259 e. The molecule has 0 radical (unpaired) electrons. The summed E-state index contributed by atoms with van der Waals surface area (Å²) in [6, 6.07) is 9.03. The first-order valence-electron chi connectivity index (χ1n) is 6.74. The molecule has 0 spiro atoms. The molecule has 2 aromatic heterocycles. The Morgan fingerprint density at radius 2 is 2.26 bits per heavy atom. The topological polar surface area (TPSA) is 86.5 Å². The normalized spacial score (nSPS) is 13.0. The molecule has 0 fully saturated rings. The molecule has 0 aliphatic heterocycles. The maximum absolute atomic E-state index is 5.95. The summed E-state index contributed by atoms with van der Waals surface area (Å²) in [5, 5.41) is 16.2. The zero-order chi connectivity index (χ0) is 16.2. The SMILES string of the molecule is C[C@H](O/N=C(\N)c1ccsc1)c1nnc(-c2cccc(Cl)c2)o1. The van der Waals surface area contributed by atoms with Gasteiger partial charge in [0.05, 0.1) is 0 Å². The zero-order valence-electron chi connectivity index (χ0n) is 12.1. The number of rotatable bonds is 5. The summed E-state index contributed by atoms with van der Waals surface area (Å²) in [6.45, 7) is 1.75. The molecule has 0 unspecified atom stereocenters. The van der Waals surface area contributed by atoms with Crippen molar-refractivity contribution in [3.05, 3.63) is 57.6 Å². The van der Waals surface area contributed by atoms with Crippen LogP contribution in [0.1, 0.15) is 24.5 Å². The predicted octanol–water partition coefficient (Wildman–Crippen LogP) is 3.85. The number of benzene rings is 1. The number of hydrogen-bond donors (Lipinski definition) is 1. The molecular weight excluding hydrogens is 336 g/mol. The molecular formula is C15H13ClN4O2S. The van der Waals surface area contributed by atoms with E-state index >= 15 is 0 Å². The van der Waals surface area contributed by atoms with Crippen molar-refractivity contribution in [3.8, 4) is 11.5 Å². The summed E-state index contributed by atoms with van der Waals surface area (Å²) < 4.78 is 5.60. The maximum Gasteiger partial charge on any atom is 0.259 e. The highest BCUT2D eigenvalue weighted by Crippen LogP contribution is 2.24. The van der Waals surface area contributed by atoms with Gasteiger partial charge in [0.15, 0.2) is 5.84 Å². The molecule has 0 saturated heterocycles. The van der Waals surface area contributed by atoms with Crippen molar-refractivity contribution in [1.82, 2.24) is 10.2 Å². The number of oxime groups is 1. The highest BCUT2D eigenvalue weighted by Gasteiger charge is 2.16. The van der Waals surface area contributed by atoms with Crippen LogP contribution < -0.4 is 5.73 Å². The predicted molar refractivity (Wildman–Crippen MR) is 89.3 cm³/mol. The van der Waals surface area contributed by atoms with E-state index in [0.29, 0.717) is 22.6 Å². The van der Waals surface area contributed by atoms with Crippen molar-refractivity contribution >= 4 is 28.8 Å². The monoisotopic (exact) mass is 348 g/mol. The van der Waals surface area contributed by atoms with Gasteiger partial charge in [-0.3, -0.25) is 0 Å². The Labute approximate surface area is 141 Å². The Balaban J connectivity index is 1.71. The van der Waals surface area contributed by atoms with Crippen LogP contribution in [0.4, 0.5) is 0 Å². The molecule has 0 aliphatic carbocycles. The lowest BCUT2D eigenvalue weighted by Gasteiger charge is -2.05. The minimum atomic E-state index is -0.521. The number of hydrogen-bond acceptors (Lipinski definition) is 6.